The van der Waals surface area contributed by atoms with Gasteiger partial charge in [-0.3, -0.25) is 4.79 Å². The lowest BCUT2D eigenvalue weighted by molar-refractivity contribution is -0.125. The lowest BCUT2D eigenvalue weighted by Gasteiger charge is -2.36. The number of aromatic nitrogens is 3. The standard InChI is InChI=1S/C26H30N4O2/c1-18-6-9-22(10-7-18)26(12-14-32-15-13-26)25(31)27-23-5-3-4-20(16-23)21-8-11-24-29-28-19(2)30(24)17-21/h3-7,9-10,16,21H,8,11-15,17H2,1-2H3,(H,27,31). The Morgan fingerprint density at radius 3 is 2.66 bits per heavy atom. The van der Waals surface area contributed by atoms with Gasteiger partial charge in [-0.1, -0.05) is 42.0 Å². The van der Waals surface area contributed by atoms with E-state index in [0.717, 1.165) is 42.3 Å². The van der Waals surface area contributed by atoms with Gasteiger partial charge in [0.1, 0.15) is 11.6 Å². The number of anilines is 1. The quantitative estimate of drug-likeness (QED) is 0.670. The largest absolute Gasteiger partial charge is 0.381 e. The molecule has 1 atom stereocenters. The van der Waals surface area contributed by atoms with Gasteiger partial charge in [-0.25, -0.2) is 0 Å². The van der Waals surface area contributed by atoms with E-state index in [2.05, 4.69) is 63.4 Å². The van der Waals surface area contributed by atoms with Crippen molar-refractivity contribution in [3.05, 3.63) is 76.9 Å². The number of hydrogen-bond donors (Lipinski definition) is 1. The molecule has 0 spiro atoms. The number of hydrogen-bond acceptors (Lipinski definition) is 4. The molecule has 5 rings (SSSR count). The summed E-state index contributed by atoms with van der Waals surface area (Å²) in [6.07, 6.45) is 3.36. The normalized spacial score (nSPS) is 19.9. The molecule has 3 aromatic rings. The molecule has 1 N–H and O–H groups in total. The van der Waals surface area contributed by atoms with Crippen LogP contribution in [-0.2, 0) is 27.9 Å². The highest BCUT2D eigenvalue weighted by atomic mass is 16.5. The average molecular weight is 431 g/mol. The molecule has 1 unspecified atom stereocenters. The Kier molecular flexibility index (Phi) is 5.55. The van der Waals surface area contributed by atoms with Crippen LogP contribution in [0.2, 0.25) is 0 Å². The third-order valence-electron chi connectivity index (χ3n) is 7.13. The van der Waals surface area contributed by atoms with Crippen molar-refractivity contribution in [2.45, 2.75) is 57.4 Å². The van der Waals surface area contributed by atoms with Gasteiger partial charge in [-0.2, -0.15) is 0 Å². The summed E-state index contributed by atoms with van der Waals surface area (Å²) in [6.45, 7) is 6.17. The van der Waals surface area contributed by atoms with E-state index in [1.54, 1.807) is 0 Å². The fraction of sp³-hybridized carbons (Fsp3) is 0.423. The van der Waals surface area contributed by atoms with Crippen molar-refractivity contribution in [2.75, 3.05) is 18.5 Å². The number of nitrogens with one attached hydrogen (secondary N) is 1. The minimum absolute atomic E-state index is 0.0578. The lowest BCUT2D eigenvalue weighted by atomic mass is 9.73. The number of ether oxygens (including phenoxy) is 1. The second-order valence-electron chi connectivity index (χ2n) is 9.15. The van der Waals surface area contributed by atoms with Crippen molar-refractivity contribution >= 4 is 11.6 Å². The summed E-state index contributed by atoms with van der Waals surface area (Å²) in [5.41, 5.74) is 3.82. The Morgan fingerprint density at radius 1 is 1.09 bits per heavy atom. The summed E-state index contributed by atoms with van der Waals surface area (Å²) in [6, 6.07) is 16.7. The van der Waals surface area contributed by atoms with Crippen molar-refractivity contribution in [3.63, 3.8) is 0 Å². The van der Waals surface area contributed by atoms with Crippen LogP contribution in [0.15, 0.2) is 48.5 Å². The van der Waals surface area contributed by atoms with Gasteiger partial charge in [0.15, 0.2) is 0 Å². The zero-order chi connectivity index (χ0) is 22.1. The van der Waals surface area contributed by atoms with Crippen molar-refractivity contribution in [1.82, 2.24) is 14.8 Å². The highest BCUT2D eigenvalue weighted by Gasteiger charge is 2.41. The molecular formula is C26H30N4O2. The van der Waals surface area contributed by atoms with Gasteiger partial charge in [0.2, 0.25) is 5.91 Å². The van der Waals surface area contributed by atoms with Crippen molar-refractivity contribution < 1.29 is 9.53 Å². The molecule has 0 saturated carbocycles. The molecule has 1 saturated heterocycles. The summed E-state index contributed by atoms with van der Waals surface area (Å²) in [7, 11) is 0. The van der Waals surface area contributed by atoms with Gasteiger partial charge in [0.25, 0.3) is 0 Å². The van der Waals surface area contributed by atoms with E-state index in [1.807, 2.05) is 19.1 Å². The molecule has 1 aromatic heterocycles. The maximum absolute atomic E-state index is 13.6. The van der Waals surface area contributed by atoms with Crippen molar-refractivity contribution in [2.24, 2.45) is 0 Å². The van der Waals surface area contributed by atoms with Crippen LogP contribution >= 0.6 is 0 Å². The number of aryl methyl sites for hydroxylation is 3. The molecule has 166 valence electrons. The maximum atomic E-state index is 13.6. The fourth-order valence-corrected chi connectivity index (χ4v) is 5.09. The van der Waals surface area contributed by atoms with Crippen LogP contribution in [0.5, 0.6) is 0 Å². The Bertz CT molecular complexity index is 1110. The Morgan fingerprint density at radius 2 is 1.88 bits per heavy atom. The first-order valence-electron chi connectivity index (χ1n) is 11.5. The molecule has 0 aliphatic carbocycles. The molecule has 6 heteroatoms. The summed E-state index contributed by atoms with van der Waals surface area (Å²) in [5.74, 6) is 2.49. The third-order valence-corrected chi connectivity index (χ3v) is 7.13. The number of rotatable bonds is 4. The predicted molar refractivity (Wildman–Crippen MR) is 124 cm³/mol. The van der Waals surface area contributed by atoms with Crippen molar-refractivity contribution in [3.8, 4) is 0 Å². The zero-order valence-corrected chi connectivity index (χ0v) is 18.8. The van der Waals surface area contributed by atoms with Crippen molar-refractivity contribution in [1.29, 1.82) is 0 Å². The first kappa shape index (κ1) is 20.9. The third kappa shape index (κ3) is 3.84. The lowest BCUT2D eigenvalue weighted by Crippen LogP contribution is -2.44. The van der Waals surface area contributed by atoms with Gasteiger partial charge in [-0.15, -0.1) is 10.2 Å². The maximum Gasteiger partial charge on any atom is 0.235 e. The molecule has 0 bridgehead atoms. The summed E-state index contributed by atoms with van der Waals surface area (Å²) < 4.78 is 7.82. The fourth-order valence-electron chi connectivity index (χ4n) is 5.09. The number of benzene rings is 2. The van der Waals surface area contributed by atoms with Gasteiger partial charge in [-0.05, 0) is 56.4 Å². The minimum Gasteiger partial charge on any atom is -0.381 e. The van der Waals surface area contributed by atoms with E-state index in [4.69, 9.17) is 4.74 Å². The molecule has 2 aliphatic rings. The Labute approximate surface area is 189 Å². The monoisotopic (exact) mass is 430 g/mol. The van der Waals surface area contributed by atoms with E-state index >= 15 is 0 Å². The molecule has 2 aliphatic heterocycles. The van der Waals surface area contributed by atoms with E-state index in [-0.39, 0.29) is 5.91 Å². The minimum atomic E-state index is -0.554. The van der Waals surface area contributed by atoms with Crippen LogP contribution in [0, 0.1) is 13.8 Å². The summed E-state index contributed by atoms with van der Waals surface area (Å²) in [5, 5.41) is 11.7. The SMILES string of the molecule is Cc1ccc(C2(C(=O)Nc3cccc(C4CCc5nnc(C)n5C4)c3)CCOCC2)cc1. The van der Waals surface area contributed by atoms with E-state index in [0.29, 0.717) is 32.0 Å². The van der Waals surface area contributed by atoms with E-state index < -0.39 is 5.41 Å². The molecule has 1 fully saturated rings. The molecule has 32 heavy (non-hydrogen) atoms. The second-order valence-corrected chi connectivity index (χ2v) is 9.15. The predicted octanol–water partition coefficient (Wildman–Crippen LogP) is 4.31. The number of amides is 1. The molecule has 3 heterocycles. The van der Waals surface area contributed by atoms with Crippen LogP contribution in [0.25, 0.3) is 0 Å². The van der Waals surface area contributed by atoms with E-state index in [1.165, 1.54) is 11.1 Å². The number of fused-ring (bicyclic) bond motifs is 1. The molecule has 6 nitrogen and oxygen atoms in total. The first-order chi connectivity index (χ1) is 15.5. The summed E-state index contributed by atoms with van der Waals surface area (Å²) >= 11 is 0. The van der Waals surface area contributed by atoms with Gasteiger partial charge in [0.05, 0.1) is 5.41 Å². The zero-order valence-electron chi connectivity index (χ0n) is 18.8. The van der Waals surface area contributed by atoms with E-state index in [9.17, 15) is 4.79 Å². The molecule has 1 amide bonds. The number of carbonyl (C=O) groups is 1. The number of nitrogens with zero attached hydrogens (tertiary/aromatic N) is 3. The highest BCUT2D eigenvalue weighted by molar-refractivity contribution is 5.99. The van der Waals surface area contributed by atoms with Gasteiger partial charge in [0, 0.05) is 37.8 Å². The van der Waals surface area contributed by atoms with Crippen LogP contribution in [0.4, 0.5) is 5.69 Å². The molecule has 2 aromatic carbocycles. The van der Waals surface area contributed by atoms with Crippen LogP contribution in [-0.4, -0.2) is 33.9 Å². The van der Waals surface area contributed by atoms with Crippen LogP contribution < -0.4 is 5.32 Å². The summed E-state index contributed by atoms with van der Waals surface area (Å²) in [4.78, 5) is 13.6. The first-order valence-corrected chi connectivity index (χ1v) is 11.5. The smallest absolute Gasteiger partial charge is 0.235 e. The van der Waals surface area contributed by atoms with Crippen LogP contribution in [0.3, 0.4) is 0 Å². The molecule has 0 radical (unpaired) electrons. The Hall–Kier alpha value is -2.99. The highest BCUT2D eigenvalue weighted by Crippen LogP contribution is 2.37. The number of carbonyl (C=O) groups excluding carboxylic acids is 1. The molecular weight excluding hydrogens is 400 g/mol. The Balaban J connectivity index is 1.38. The van der Waals surface area contributed by atoms with Crippen LogP contribution in [0.1, 0.15) is 53.5 Å². The average Bonchev–Trinajstić information content (AvgIpc) is 3.20. The second kappa shape index (κ2) is 8.51. The van der Waals surface area contributed by atoms with Gasteiger partial charge < -0.3 is 14.6 Å². The van der Waals surface area contributed by atoms with Gasteiger partial charge >= 0.3 is 0 Å². The topological polar surface area (TPSA) is 69.0 Å².